The lowest BCUT2D eigenvalue weighted by Gasteiger charge is -2.20. The minimum atomic E-state index is -0.687. The van der Waals surface area contributed by atoms with Crippen molar-refractivity contribution in [2.75, 3.05) is 44.7 Å². The van der Waals surface area contributed by atoms with Gasteiger partial charge in [0, 0.05) is 50.9 Å². The summed E-state index contributed by atoms with van der Waals surface area (Å²) in [7, 11) is 0. The molecular weight excluding hydrogens is 517 g/mol. The molecule has 1 N–H and O–H groups in total. The van der Waals surface area contributed by atoms with Crippen molar-refractivity contribution in [1.29, 1.82) is 0 Å². The van der Waals surface area contributed by atoms with E-state index in [-0.39, 0.29) is 22.7 Å². The second-order valence-corrected chi connectivity index (χ2v) is 11.2. The van der Waals surface area contributed by atoms with E-state index in [4.69, 9.17) is 0 Å². The van der Waals surface area contributed by atoms with Gasteiger partial charge in [0.05, 0.1) is 17.8 Å². The molecule has 1 aromatic carbocycles. The van der Waals surface area contributed by atoms with Gasteiger partial charge in [-0.3, -0.25) is 4.90 Å². The molecule has 2 fully saturated rings. The highest BCUT2D eigenvalue weighted by molar-refractivity contribution is 5.83. The first-order chi connectivity index (χ1) is 19.5. The smallest absolute Gasteiger partial charge is 0.229 e. The third kappa shape index (κ3) is 4.50. The third-order valence-corrected chi connectivity index (χ3v) is 8.64. The number of aryl methyl sites for hydroxylation is 1. The van der Waals surface area contributed by atoms with Crippen molar-refractivity contribution in [2.45, 2.75) is 32.4 Å². The zero-order valence-corrected chi connectivity index (χ0v) is 22.3. The number of nitrogens with zero attached hydrogens (tertiary/aromatic N) is 7. The molecule has 3 aliphatic heterocycles. The molecule has 7 rings (SSSR count). The summed E-state index contributed by atoms with van der Waals surface area (Å²) in [4.78, 5) is 22.3. The van der Waals surface area contributed by atoms with Crippen molar-refractivity contribution in [3.05, 3.63) is 59.7 Å². The fourth-order valence-corrected chi connectivity index (χ4v) is 6.66. The number of hydrogen-bond acceptors (Lipinski definition) is 7. The van der Waals surface area contributed by atoms with E-state index in [0.29, 0.717) is 30.0 Å². The average molecular weight is 549 g/mol. The zero-order valence-electron chi connectivity index (χ0n) is 22.3. The molecule has 11 heteroatoms. The monoisotopic (exact) mass is 548 g/mol. The van der Waals surface area contributed by atoms with Crippen LogP contribution in [-0.4, -0.2) is 73.7 Å². The zero-order chi connectivity index (χ0) is 27.4. The molecular formula is C29H31F3N8. The maximum Gasteiger partial charge on any atom is 0.229 e. The molecule has 4 aromatic rings. The van der Waals surface area contributed by atoms with E-state index in [1.54, 1.807) is 10.6 Å². The van der Waals surface area contributed by atoms with Crippen LogP contribution in [0, 0.1) is 23.5 Å². The first-order valence-corrected chi connectivity index (χ1v) is 13.9. The van der Waals surface area contributed by atoms with Crippen LogP contribution < -0.4 is 5.32 Å². The molecule has 2 unspecified atom stereocenters. The number of hydrogen-bond donors (Lipinski definition) is 1. The second kappa shape index (κ2) is 10.1. The van der Waals surface area contributed by atoms with E-state index in [0.717, 1.165) is 49.8 Å². The lowest BCUT2D eigenvalue weighted by atomic mass is 10.0. The molecule has 3 aromatic heterocycles. The Morgan fingerprint density at radius 3 is 2.48 bits per heavy atom. The molecule has 8 nitrogen and oxygen atoms in total. The van der Waals surface area contributed by atoms with Crippen LogP contribution >= 0.6 is 0 Å². The topological polar surface area (TPSA) is 75.0 Å². The van der Waals surface area contributed by atoms with E-state index in [9.17, 15) is 8.78 Å². The molecule has 0 bridgehead atoms. The van der Waals surface area contributed by atoms with E-state index in [1.165, 1.54) is 19.2 Å². The van der Waals surface area contributed by atoms with Gasteiger partial charge in [-0.1, -0.05) is 13.0 Å². The van der Waals surface area contributed by atoms with E-state index in [2.05, 4.69) is 42.0 Å². The first-order valence-electron chi connectivity index (χ1n) is 13.9. The number of nitrogens with one attached hydrogen (secondary N) is 1. The van der Waals surface area contributed by atoms with Gasteiger partial charge in [-0.25, -0.2) is 33.1 Å². The fraction of sp³-hybridized carbons (Fsp3) is 0.448. The highest BCUT2D eigenvalue weighted by Crippen LogP contribution is 2.35. The largest absolute Gasteiger partial charge is 0.322 e. The number of halogens is 3. The van der Waals surface area contributed by atoms with Gasteiger partial charge < -0.3 is 14.8 Å². The molecule has 0 amide bonds. The molecule has 0 aliphatic carbocycles. The van der Waals surface area contributed by atoms with E-state index >= 15 is 4.39 Å². The van der Waals surface area contributed by atoms with Crippen LogP contribution in [-0.2, 0) is 13.0 Å². The summed E-state index contributed by atoms with van der Waals surface area (Å²) >= 11 is 0. The third-order valence-electron chi connectivity index (χ3n) is 8.64. The van der Waals surface area contributed by atoms with Crippen LogP contribution in [0.1, 0.15) is 30.8 Å². The standard InChI is InChI=1S/C29H31F3N8/c1-2-38-13-19-15-39(16-20(19)14-38)12-17-3-5-25(33-10-17)35-29-34-11-23(32)27(37-29)18-7-22(31)28-24(8-18)40-21(9-30)4-6-26(40)36-28/h3,5,7-8,10-11,19-21H,2,4,6,9,12-16H2,1H3,(H,33,34,35,37)/t19?,20?,21-/m0/s1. The molecule has 3 aliphatic rings. The maximum atomic E-state index is 15.0. The number of imidazole rings is 1. The number of aromatic nitrogens is 5. The Morgan fingerprint density at radius 2 is 1.75 bits per heavy atom. The Morgan fingerprint density at radius 1 is 0.950 bits per heavy atom. The Hall–Kier alpha value is -3.57. The average Bonchev–Trinajstić information content (AvgIpc) is 3.71. The number of benzene rings is 1. The number of rotatable bonds is 7. The highest BCUT2D eigenvalue weighted by atomic mass is 19.1. The molecule has 0 spiro atoms. The highest BCUT2D eigenvalue weighted by Gasteiger charge is 2.39. The Labute approximate surface area is 230 Å². The van der Waals surface area contributed by atoms with Crippen molar-refractivity contribution >= 4 is 22.8 Å². The minimum Gasteiger partial charge on any atom is -0.322 e. The number of alkyl halides is 1. The van der Waals surface area contributed by atoms with Gasteiger partial charge in [-0.2, -0.15) is 0 Å². The van der Waals surface area contributed by atoms with Gasteiger partial charge in [-0.15, -0.1) is 0 Å². The van der Waals surface area contributed by atoms with Crippen LogP contribution in [0.5, 0.6) is 0 Å². The van der Waals surface area contributed by atoms with Gasteiger partial charge in [0.25, 0.3) is 0 Å². The minimum absolute atomic E-state index is 0.0542. The van der Waals surface area contributed by atoms with Crippen LogP contribution in [0.2, 0.25) is 0 Å². The van der Waals surface area contributed by atoms with E-state index in [1.807, 2.05) is 18.3 Å². The maximum absolute atomic E-state index is 15.0. The summed E-state index contributed by atoms with van der Waals surface area (Å²) in [6.45, 7) is 8.29. The van der Waals surface area contributed by atoms with Crippen LogP contribution in [0.25, 0.3) is 22.3 Å². The molecule has 0 radical (unpaired) electrons. The predicted molar refractivity (Wildman–Crippen MR) is 146 cm³/mol. The van der Waals surface area contributed by atoms with Crippen molar-refractivity contribution in [2.24, 2.45) is 11.8 Å². The summed E-state index contributed by atoms with van der Waals surface area (Å²) in [5.41, 5.74) is 1.91. The Balaban J connectivity index is 1.08. The molecule has 6 heterocycles. The lowest BCUT2D eigenvalue weighted by Crippen LogP contribution is -2.28. The van der Waals surface area contributed by atoms with Gasteiger partial charge in [0.1, 0.15) is 29.5 Å². The number of anilines is 2. The number of likely N-dealkylation sites (tertiary alicyclic amines) is 2. The lowest BCUT2D eigenvalue weighted by molar-refractivity contribution is 0.257. The summed E-state index contributed by atoms with van der Waals surface area (Å²) in [6.07, 6.45) is 4.08. The number of pyridine rings is 1. The van der Waals surface area contributed by atoms with Crippen LogP contribution in [0.3, 0.4) is 0 Å². The molecule has 3 atom stereocenters. The quantitative estimate of drug-likeness (QED) is 0.357. The van der Waals surface area contributed by atoms with Crippen molar-refractivity contribution in [3.8, 4) is 11.3 Å². The molecule has 0 saturated carbocycles. The predicted octanol–water partition coefficient (Wildman–Crippen LogP) is 4.75. The van der Waals surface area contributed by atoms with Crippen molar-refractivity contribution in [1.82, 2.24) is 34.3 Å². The van der Waals surface area contributed by atoms with Crippen molar-refractivity contribution in [3.63, 3.8) is 0 Å². The molecule has 2 saturated heterocycles. The summed E-state index contributed by atoms with van der Waals surface area (Å²) in [6, 6.07) is 6.32. The summed E-state index contributed by atoms with van der Waals surface area (Å²) in [5.74, 6) is 1.55. The normalized spacial score (nSPS) is 22.8. The fourth-order valence-electron chi connectivity index (χ4n) is 6.66. The summed E-state index contributed by atoms with van der Waals surface area (Å²) in [5, 5.41) is 3.03. The van der Waals surface area contributed by atoms with Gasteiger partial charge >= 0.3 is 0 Å². The van der Waals surface area contributed by atoms with Crippen LogP contribution in [0.15, 0.2) is 36.7 Å². The van der Waals surface area contributed by atoms with Crippen molar-refractivity contribution < 1.29 is 13.2 Å². The molecule has 40 heavy (non-hydrogen) atoms. The SMILES string of the molecule is CCN1CC2CN(Cc3ccc(Nc4ncc(F)c(-c5cc(F)c6nc7n(c6c5)[C@H](CF)CC7)n4)nc3)CC2C1. The van der Waals surface area contributed by atoms with Gasteiger partial charge in [-0.05, 0) is 48.6 Å². The molecule has 208 valence electrons. The van der Waals surface area contributed by atoms with Crippen LogP contribution in [0.4, 0.5) is 24.9 Å². The first kappa shape index (κ1) is 25.4. The second-order valence-electron chi connectivity index (χ2n) is 11.2. The van der Waals surface area contributed by atoms with Gasteiger partial charge in [0.2, 0.25) is 5.95 Å². The van der Waals surface area contributed by atoms with Gasteiger partial charge in [0.15, 0.2) is 11.6 Å². The van der Waals surface area contributed by atoms with E-state index < -0.39 is 24.4 Å². The summed E-state index contributed by atoms with van der Waals surface area (Å²) < 4.78 is 45.2. The Kier molecular flexibility index (Phi) is 6.42. The number of fused-ring (bicyclic) bond motifs is 4. The Bertz CT molecular complexity index is 1540.